The van der Waals surface area contributed by atoms with E-state index >= 15 is 0 Å². The summed E-state index contributed by atoms with van der Waals surface area (Å²) in [5, 5.41) is 6.09. The summed E-state index contributed by atoms with van der Waals surface area (Å²) in [6, 6.07) is 22.8. The standard InChI is InChI=1S/C32H38N4O3/c1-4-36(17-16-35(3)28-14-10-25(11-15-28)32(38)33-27-12-13-27)21-24-19-26(18-23-8-6-5-7-9-23)30-29(20-24)34-31(37)22(2)39-30/h5-11,14-15,19-20,22,27H,4,12-13,16-18,21H2,1-3H3,(H,33,38)(H,34,37). The maximum Gasteiger partial charge on any atom is 0.265 e. The molecule has 1 fully saturated rings. The number of carbonyl (C=O) groups is 2. The van der Waals surface area contributed by atoms with Crippen LogP contribution >= 0.6 is 0 Å². The highest BCUT2D eigenvalue weighted by molar-refractivity contribution is 5.98. The molecule has 0 bridgehead atoms. The van der Waals surface area contributed by atoms with E-state index in [0.29, 0.717) is 11.6 Å². The lowest BCUT2D eigenvalue weighted by molar-refractivity contribution is -0.122. The minimum absolute atomic E-state index is 0.0107. The van der Waals surface area contributed by atoms with Gasteiger partial charge < -0.3 is 20.3 Å². The molecule has 2 amide bonds. The van der Waals surface area contributed by atoms with Crippen LogP contribution < -0.4 is 20.3 Å². The Hall–Kier alpha value is -3.84. The molecule has 2 N–H and O–H groups in total. The number of hydrogen-bond donors (Lipinski definition) is 2. The second-order valence-corrected chi connectivity index (χ2v) is 10.6. The predicted octanol–water partition coefficient (Wildman–Crippen LogP) is 4.85. The first kappa shape index (κ1) is 26.8. The fraction of sp³-hybridized carbons (Fsp3) is 0.375. The van der Waals surface area contributed by atoms with Gasteiger partial charge in [0, 0.05) is 56.0 Å². The zero-order valence-corrected chi connectivity index (χ0v) is 23.1. The molecule has 1 heterocycles. The fourth-order valence-corrected chi connectivity index (χ4v) is 4.88. The minimum Gasteiger partial charge on any atom is -0.478 e. The molecule has 1 aliphatic carbocycles. The highest BCUT2D eigenvalue weighted by Crippen LogP contribution is 2.36. The lowest BCUT2D eigenvalue weighted by Crippen LogP contribution is -2.35. The van der Waals surface area contributed by atoms with Crippen LogP contribution in [-0.2, 0) is 17.8 Å². The highest BCUT2D eigenvalue weighted by atomic mass is 16.5. The van der Waals surface area contributed by atoms with Crippen molar-refractivity contribution in [3.63, 3.8) is 0 Å². The van der Waals surface area contributed by atoms with Gasteiger partial charge in [-0.25, -0.2) is 0 Å². The van der Waals surface area contributed by atoms with Gasteiger partial charge in [-0.15, -0.1) is 0 Å². The Labute approximate surface area is 231 Å². The van der Waals surface area contributed by atoms with Crippen LogP contribution in [0.1, 0.15) is 53.7 Å². The third-order valence-corrected chi connectivity index (χ3v) is 7.47. The van der Waals surface area contributed by atoms with Crippen LogP contribution in [0.4, 0.5) is 11.4 Å². The Morgan fingerprint density at radius 1 is 1.03 bits per heavy atom. The van der Waals surface area contributed by atoms with Crippen molar-refractivity contribution in [1.82, 2.24) is 10.2 Å². The number of amides is 2. The van der Waals surface area contributed by atoms with E-state index in [4.69, 9.17) is 4.74 Å². The van der Waals surface area contributed by atoms with Gasteiger partial charge in [0.2, 0.25) is 0 Å². The summed E-state index contributed by atoms with van der Waals surface area (Å²) in [5.41, 5.74) is 5.98. The molecule has 1 saturated carbocycles. The van der Waals surface area contributed by atoms with Crippen LogP contribution in [0.25, 0.3) is 0 Å². The fourth-order valence-electron chi connectivity index (χ4n) is 4.88. The molecule has 1 aliphatic heterocycles. The van der Waals surface area contributed by atoms with Crippen molar-refractivity contribution in [2.75, 3.05) is 36.9 Å². The molecule has 5 rings (SSSR count). The summed E-state index contributed by atoms with van der Waals surface area (Å²) in [5.74, 6) is 0.665. The molecule has 39 heavy (non-hydrogen) atoms. The molecular weight excluding hydrogens is 488 g/mol. The summed E-state index contributed by atoms with van der Waals surface area (Å²) in [6.45, 7) is 7.35. The van der Waals surface area contributed by atoms with Gasteiger partial charge in [0.05, 0.1) is 5.69 Å². The summed E-state index contributed by atoms with van der Waals surface area (Å²) >= 11 is 0. The molecule has 3 aromatic carbocycles. The molecule has 204 valence electrons. The second-order valence-electron chi connectivity index (χ2n) is 10.6. The number of nitrogens with zero attached hydrogens (tertiary/aromatic N) is 2. The van der Waals surface area contributed by atoms with Gasteiger partial charge in [-0.05, 0) is 67.8 Å². The molecule has 0 radical (unpaired) electrons. The largest absolute Gasteiger partial charge is 0.478 e. The minimum atomic E-state index is -0.512. The van der Waals surface area contributed by atoms with Gasteiger partial charge in [-0.1, -0.05) is 43.3 Å². The van der Waals surface area contributed by atoms with E-state index in [-0.39, 0.29) is 11.8 Å². The number of rotatable bonds is 11. The van der Waals surface area contributed by atoms with E-state index < -0.39 is 6.10 Å². The Kier molecular flexibility index (Phi) is 8.17. The van der Waals surface area contributed by atoms with E-state index in [1.807, 2.05) is 48.5 Å². The number of ether oxygens (including phenoxy) is 1. The van der Waals surface area contributed by atoms with Crippen molar-refractivity contribution in [1.29, 1.82) is 0 Å². The third-order valence-electron chi connectivity index (χ3n) is 7.47. The van der Waals surface area contributed by atoms with Crippen molar-refractivity contribution >= 4 is 23.2 Å². The first-order valence-electron chi connectivity index (χ1n) is 13.9. The van der Waals surface area contributed by atoms with Crippen LogP contribution in [0.5, 0.6) is 5.75 Å². The lowest BCUT2D eigenvalue weighted by Gasteiger charge is -2.28. The first-order valence-corrected chi connectivity index (χ1v) is 13.9. The predicted molar refractivity (Wildman–Crippen MR) is 156 cm³/mol. The molecule has 7 heteroatoms. The average Bonchev–Trinajstić information content (AvgIpc) is 3.76. The smallest absolute Gasteiger partial charge is 0.265 e. The van der Waals surface area contributed by atoms with Gasteiger partial charge in [0.25, 0.3) is 11.8 Å². The number of carbonyl (C=O) groups excluding carboxylic acids is 2. The molecule has 1 unspecified atom stereocenters. The Morgan fingerprint density at radius 3 is 2.46 bits per heavy atom. The third kappa shape index (κ3) is 6.79. The maximum absolute atomic E-state index is 12.4. The van der Waals surface area contributed by atoms with Crippen LogP contribution in [0.2, 0.25) is 0 Å². The monoisotopic (exact) mass is 526 g/mol. The topological polar surface area (TPSA) is 73.9 Å². The maximum atomic E-state index is 12.4. The Balaban J connectivity index is 1.25. The second kappa shape index (κ2) is 11.9. The van der Waals surface area contributed by atoms with Crippen LogP contribution in [-0.4, -0.2) is 55.5 Å². The van der Waals surface area contributed by atoms with E-state index in [1.54, 1.807) is 6.92 Å². The highest BCUT2D eigenvalue weighted by Gasteiger charge is 2.27. The lowest BCUT2D eigenvalue weighted by atomic mass is 9.99. The molecule has 1 atom stereocenters. The molecular formula is C32H38N4O3. The quantitative estimate of drug-likeness (QED) is 0.374. The van der Waals surface area contributed by atoms with Crippen molar-refractivity contribution in [3.8, 4) is 5.75 Å². The van der Waals surface area contributed by atoms with E-state index in [0.717, 1.165) is 73.7 Å². The summed E-state index contributed by atoms with van der Waals surface area (Å²) in [7, 11) is 2.08. The normalized spacial score (nSPS) is 16.3. The van der Waals surface area contributed by atoms with Gasteiger partial charge in [-0.2, -0.15) is 0 Å². The van der Waals surface area contributed by atoms with Crippen molar-refractivity contribution in [3.05, 3.63) is 89.0 Å². The van der Waals surface area contributed by atoms with E-state index in [2.05, 4.69) is 52.6 Å². The molecule has 3 aromatic rings. The SMILES string of the molecule is CCN(CCN(C)c1ccc(C(=O)NC2CC2)cc1)Cc1cc(Cc2ccccc2)c2c(c1)NC(=O)C(C)O2. The molecule has 7 nitrogen and oxygen atoms in total. The first-order chi connectivity index (χ1) is 18.9. The van der Waals surface area contributed by atoms with Crippen molar-refractivity contribution in [2.45, 2.75) is 51.8 Å². The number of likely N-dealkylation sites (N-methyl/N-ethyl adjacent to an activating group) is 2. The molecule has 0 aromatic heterocycles. The zero-order chi connectivity index (χ0) is 27.4. The molecule has 2 aliphatic rings. The summed E-state index contributed by atoms with van der Waals surface area (Å²) in [6.07, 6.45) is 2.40. The van der Waals surface area contributed by atoms with Gasteiger partial charge in [-0.3, -0.25) is 14.5 Å². The van der Waals surface area contributed by atoms with E-state index in [9.17, 15) is 9.59 Å². The van der Waals surface area contributed by atoms with Crippen LogP contribution in [0, 0.1) is 0 Å². The number of benzene rings is 3. The Bertz CT molecular complexity index is 1300. The van der Waals surface area contributed by atoms with Gasteiger partial charge >= 0.3 is 0 Å². The van der Waals surface area contributed by atoms with Gasteiger partial charge in [0.1, 0.15) is 5.75 Å². The molecule has 0 saturated heterocycles. The summed E-state index contributed by atoms with van der Waals surface area (Å²) < 4.78 is 6.05. The number of anilines is 2. The average molecular weight is 527 g/mol. The van der Waals surface area contributed by atoms with Crippen molar-refractivity contribution < 1.29 is 14.3 Å². The van der Waals surface area contributed by atoms with Crippen molar-refractivity contribution in [2.24, 2.45) is 0 Å². The van der Waals surface area contributed by atoms with Gasteiger partial charge in [0.15, 0.2) is 6.10 Å². The van der Waals surface area contributed by atoms with Crippen LogP contribution in [0.3, 0.4) is 0 Å². The van der Waals surface area contributed by atoms with E-state index in [1.165, 1.54) is 5.56 Å². The number of hydrogen-bond acceptors (Lipinski definition) is 5. The Morgan fingerprint density at radius 2 is 1.77 bits per heavy atom. The number of nitrogens with one attached hydrogen (secondary N) is 2. The van der Waals surface area contributed by atoms with Crippen LogP contribution in [0.15, 0.2) is 66.7 Å². The summed E-state index contributed by atoms with van der Waals surface area (Å²) in [4.78, 5) is 29.3. The zero-order valence-electron chi connectivity index (χ0n) is 23.1. The molecule has 0 spiro atoms. The number of fused-ring (bicyclic) bond motifs is 1.